The Kier molecular flexibility index (Phi) is 3.35. The molecule has 1 aromatic carbocycles. The van der Waals surface area contributed by atoms with Gasteiger partial charge in [0.05, 0.1) is 4.47 Å². The van der Waals surface area contributed by atoms with E-state index in [1.54, 1.807) is 6.92 Å². The van der Waals surface area contributed by atoms with E-state index in [-0.39, 0.29) is 10.5 Å². The molecule has 0 radical (unpaired) electrons. The molecule has 0 aliphatic rings. The minimum Gasteiger partial charge on any atom is -0.271 e. The summed E-state index contributed by atoms with van der Waals surface area (Å²) in [7, 11) is 0. The minimum atomic E-state index is -0.889. The van der Waals surface area contributed by atoms with Gasteiger partial charge >= 0.3 is 0 Å². The van der Waals surface area contributed by atoms with Gasteiger partial charge in [-0.05, 0) is 34.5 Å². The van der Waals surface area contributed by atoms with Crippen LogP contribution in [0.1, 0.15) is 18.5 Å². The Morgan fingerprint density at radius 2 is 2.08 bits per heavy atom. The van der Waals surface area contributed by atoms with Crippen molar-refractivity contribution in [2.75, 3.05) is 0 Å². The number of nitrogens with two attached hydrogens (primary N) is 1. The number of hydrogen-bond acceptors (Lipinski definition) is 2. The first-order valence-electron chi connectivity index (χ1n) is 3.67. The summed E-state index contributed by atoms with van der Waals surface area (Å²) in [5, 5.41) is 0. The van der Waals surface area contributed by atoms with Gasteiger partial charge in [0.1, 0.15) is 0 Å². The number of rotatable bonds is 2. The minimum absolute atomic E-state index is 0.109. The molecule has 0 aliphatic carbocycles. The number of halogens is 3. The van der Waals surface area contributed by atoms with Gasteiger partial charge in [0, 0.05) is 6.04 Å². The van der Waals surface area contributed by atoms with Crippen LogP contribution in [-0.2, 0) is 0 Å². The monoisotopic (exact) mass is 250 g/mol. The fourth-order valence-corrected chi connectivity index (χ4v) is 1.63. The van der Waals surface area contributed by atoms with E-state index < -0.39 is 11.6 Å². The summed E-state index contributed by atoms with van der Waals surface area (Å²) in [4.78, 5) is 0. The predicted molar refractivity (Wildman–Crippen MR) is 49.8 cm³/mol. The second-order valence-corrected chi connectivity index (χ2v) is 3.45. The van der Waals surface area contributed by atoms with Crippen LogP contribution in [0.3, 0.4) is 0 Å². The third-order valence-corrected chi connectivity index (χ3v) is 2.59. The summed E-state index contributed by atoms with van der Waals surface area (Å²) >= 11 is 2.96. The second-order valence-electron chi connectivity index (χ2n) is 2.65. The van der Waals surface area contributed by atoms with E-state index in [0.717, 1.165) is 6.07 Å². The molecule has 5 heteroatoms. The molecule has 0 bridgehead atoms. The molecule has 2 nitrogen and oxygen atoms in total. The molecule has 0 heterocycles. The highest BCUT2D eigenvalue weighted by Gasteiger charge is 2.14. The van der Waals surface area contributed by atoms with Gasteiger partial charge in [-0.15, -0.1) is 0 Å². The average Bonchev–Trinajstić information content (AvgIpc) is 2.13. The molecule has 0 spiro atoms. The first kappa shape index (κ1) is 10.6. The smallest absolute Gasteiger partial charge is 0.173 e. The third kappa shape index (κ3) is 2.04. The van der Waals surface area contributed by atoms with Crippen molar-refractivity contribution in [3.05, 3.63) is 33.8 Å². The van der Waals surface area contributed by atoms with Gasteiger partial charge in [0.15, 0.2) is 11.6 Å². The maximum atomic E-state index is 13.0. The number of hydrogen-bond donors (Lipinski definition) is 2. The molecule has 3 N–H and O–H groups in total. The van der Waals surface area contributed by atoms with Crippen LogP contribution in [0.25, 0.3) is 0 Å². The van der Waals surface area contributed by atoms with E-state index in [2.05, 4.69) is 21.4 Å². The molecule has 1 rings (SSSR count). The van der Waals surface area contributed by atoms with Gasteiger partial charge in [-0.1, -0.05) is 6.07 Å². The van der Waals surface area contributed by atoms with Crippen molar-refractivity contribution >= 4 is 15.9 Å². The highest BCUT2D eigenvalue weighted by molar-refractivity contribution is 9.10. The molecule has 1 atom stereocenters. The van der Waals surface area contributed by atoms with Crippen LogP contribution in [0, 0.1) is 11.6 Å². The maximum absolute atomic E-state index is 13.0. The number of benzene rings is 1. The zero-order chi connectivity index (χ0) is 10.0. The van der Waals surface area contributed by atoms with Crippen LogP contribution < -0.4 is 11.3 Å². The number of hydrazine groups is 1. The van der Waals surface area contributed by atoms with E-state index in [4.69, 9.17) is 5.84 Å². The largest absolute Gasteiger partial charge is 0.271 e. The zero-order valence-corrected chi connectivity index (χ0v) is 8.53. The van der Waals surface area contributed by atoms with Crippen molar-refractivity contribution in [3.63, 3.8) is 0 Å². The Morgan fingerprint density at radius 1 is 1.46 bits per heavy atom. The highest BCUT2D eigenvalue weighted by Crippen LogP contribution is 2.27. The normalized spacial score (nSPS) is 13.0. The molecule has 1 aromatic rings. The fraction of sp³-hybridized carbons (Fsp3) is 0.250. The summed E-state index contributed by atoms with van der Waals surface area (Å²) in [6, 6.07) is 2.32. The van der Waals surface area contributed by atoms with E-state index in [0.29, 0.717) is 5.56 Å². The van der Waals surface area contributed by atoms with Crippen molar-refractivity contribution in [2.45, 2.75) is 13.0 Å². The maximum Gasteiger partial charge on any atom is 0.173 e. The molecule has 1 unspecified atom stereocenters. The lowest BCUT2D eigenvalue weighted by molar-refractivity contribution is 0.496. The summed E-state index contributed by atoms with van der Waals surface area (Å²) < 4.78 is 25.8. The molecule has 0 fully saturated rings. The topological polar surface area (TPSA) is 38.0 Å². The van der Waals surface area contributed by atoms with Crippen molar-refractivity contribution in [2.24, 2.45) is 5.84 Å². The van der Waals surface area contributed by atoms with E-state index in [1.807, 2.05) is 0 Å². The molecule has 0 aliphatic heterocycles. The molecule has 0 saturated carbocycles. The summed E-state index contributed by atoms with van der Waals surface area (Å²) in [5.74, 6) is 3.41. The van der Waals surface area contributed by atoms with Crippen LogP contribution in [0.5, 0.6) is 0 Å². The lowest BCUT2D eigenvalue weighted by Gasteiger charge is -2.12. The lowest BCUT2D eigenvalue weighted by Crippen LogP contribution is -2.26. The lowest BCUT2D eigenvalue weighted by atomic mass is 10.1. The van der Waals surface area contributed by atoms with Crippen molar-refractivity contribution in [1.82, 2.24) is 5.43 Å². The van der Waals surface area contributed by atoms with Gasteiger partial charge in [0.25, 0.3) is 0 Å². The summed E-state index contributed by atoms with van der Waals surface area (Å²) in [6.07, 6.45) is 0. The molecular formula is C8H9BrF2N2. The average molecular weight is 251 g/mol. The van der Waals surface area contributed by atoms with Gasteiger partial charge in [-0.3, -0.25) is 11.3 Å². The van der Waals surface area contributed by atoms with E-state index in [9.17, 15) is 8.78 Å². The zero-order valence-electron chi connectivity index (χ0n) is 6.94. The molecule has 13 heavy (non-hydrogen) atoms. The van der Waals surface area contributed by atoms with Crippen molar-refractivity contribution in [3.8, 4) is 0 Å². The third-order valence-electron chi connectivity index (χ3n) is 1.78. The second kappa shape index (κ2) is 4.13. The summed E-state index contributed by atoms with van der Waals surface area (Å²) in [6.45, 7) is 1.75. The Balaban J connectivity index is 3.18. The van der Waals surface area contributed by atoms with Crippen LogP contribution >= 0.6 is 15.9 Å². The first-order valence-corrected chi connectivity index (χ1v) is 4.46. The van der Waals surface area contributed by atoms with Gasteiger partial charge < -0.3 is 0 Å². The van der Waals surface area contributed by atoms with Crippen LogP contribution in [0.15, 0.2) is 16.6 Å². The molecular weight excluding hydrogens is 242 g/mol. The summed E-state index contributed by atoms with van der Waals surface area (Å²) in [5.41, 5.74) is 3.03. The molecule has 0 saturated heterocycles. The van der Waals surface area contributed by atoms with Crippen LogP contribution in [0.4, 0.5) is 8.78 Å². The molecule has 0 aromatic heterocycles. The predicted octanol–water partition coefficient (Wildman–Crippen LogP) is 2.25. The molecule has 72 valence electrons. The van der Waals surface area contributed by atoms with Crippen molar-refractivity contribution in [1.29, 1.82) is 0 Å². The van der Waals surface area contributed by atoms with Gasteiger partial charge in [-0.2, -0.15) is 0 Å². The Labute approximate surface area is 83.2 Å². The standard InChI is InChI=1S/C8H9BrF2N2/c1-4(13-12)5-2-3-6(10)8(11)7(5)9/h2-4,13H,12H2,1H3. The Morgan fingerprint density at radius 3 is 2.62 bits per heavy atom. The van der Waals surface area contributed by atoms with Gasteiger partial charge in [0.2, 0.25) is 0 Å². The van der Waals surface area contributed by atoms with Crippen molar-refractivity contribution < 1.29 is 8.78 Å². The van der Waals surface area contributed by atoms with Crippen LogP contribution in [-0.4, -0.2) is 0 Å². The van der Waals surface area contributed by atoms with Gasteiger partial charge in [-0.25, -0.2) is 8.78 Å². The first-order chi connectivity index (χ1) is 6.07. The Bertz CT molecular complexity index is 317. The van der Waals surface area contributed by atoms with Crippen LogP contribution in [0.2, 0.25) is 0 Å². The highest BCUT2D eigenvalue weighted by atomic mass is 79.9. The molecule has 0 amide bonds. The fourth-order valence-electron chi connectivity index (χ4n) is 0.965. The number of nitrogens with one attached hydrogen (secondary N) is 1. The van der Waals surface area contributed by atoms with E-state index in [1.165, 1.54) is 6.07 Å². The van der Waals surface area contributed by atoms with E-state index >= 15 is 0 Å². The Hall–Kier alpha value is -0.520. The SMILES string of the molecule is CC(NN)c1ccc(F)c(F)c1Br. The quantitative estimate of drug-likeness (QED) is 0.480.